The Labute approximate surface area is 208 Å². The third-order valence-electron chi connectivity index (χ3n) is 6.26. The van der Waals surface area contributed by atoms with Crippen LogP contribution in [0.15, 0.2) is 42.5 Å². The molecule has 4 heterocycles. The van der Waals surface area contributed by atoms with Crippen molar-refractivity contribution in [1.29, 1.82) is 0 Å². The van der Waals surface area contributed by atoms with Crippen LogP contribution < -0.4 is 15.5 Å². The predicted octanol–water partition coefficient (Wildman–Crippen LogP) is 3.41. The number of amides is 1. The van der Waals surface area contributed by atoms with Gasteiger partial charge in [0.2, 0.25) is 5.95 Å². The van der Waals surface area contributed by atoms with E-state index in [9.17, 15) is 9.18 Å². The van der Waals surface area contributed by atoms with Crippen molar-refractivity contribution in [2.75, 3.05) is 29.9 Å². The molecule has 2 N–H and O–H groups in total. The van der Waals surface area contributed by atoms with Gasteiger partial charge in [0, 0.05) is 25.8 Å². The lowest BCUT2D eigenvalue weighted by molar-refractivity contribution is 0.146. The molecule has 3 aromatic heterocycles. The average Bonchev–Trinajstić information content (AvgIpc) is 3.57. The van der Waals surface area contributed by atoms with Crippen molar-refractivity contribution in [3.63, 3.8) is 0 Å². The largest absolute Gasteiger partial charge is 0.445 e. The Balaban J connectivity index is 1.33. The molecule has 11 nitrogen and oxygen atoms in total. The van der Waals surface area contributed by atoms with Gasteiger partial charge in [-0.05, 0) is 32.3 Å². The van der Waals surface area contributed by atoms with Gasteiger partial charge in [-0.2, -0.15) is 15.1 Å². The molecular formula is C24H30FN9O2. The van der Waals surface area contributed by atoms with Crippen molar-refractivity contribution in [2.24, 2.45) is 7.05 Å². The first kappa shape index (κ1) is 23.8. The van der Waals surface area contributed by atoms with Crippen LogP contribution >= 0.6 is 0 Å². The Bertz CT molecular complexity index is 1310. The maximum atomic E-state index is 15.0. The molecule has 0 radical (unpaired) electrons. The third-order valence-corrected chi connectivity index (χ3v) is 6.26. The van der Waals surface area contributed by atoms with E-state index in [2.05, 4.69) is 31.8 Å². The van der Waals surface area contributed by atoms with Gasteiger partial charge < -0.3 is 24.8 Å². The van der Waals surface area contributed by atoms with Crippen LogP contribution in [-0.2, 0) is 11.8 Å². The molecule has 1 fully saturated rings. The minimum Gasteiger partial charge on any atom is -0.445 e. The number of carbonyl (C=O) groups excluding carboxylic acids is 1. The molecule has 190 valence electrons. The molecule has 2 atom stereocenters. The molecule has 1 unspecified atom stereocenters. The fourth-order valence-electron chi connectivity index (χ4n) is 4.32. The Kier molecular flexibility index (Phi) is 6.57. The number of imidazole rings is 1. The van der Waals surface area contributed by atoms with Crippen LogP contribution in [0.3, 0.4) is 0 Å². The molecule has 0 saturated carbocycles. The average molecular weight is 496 g/mol. The Hall–Kier alpha value is -3.96. The minimum atomic E-state index is -1.29. The second kappa shape index (κ2) is 9.96. The summed E-state index contributed by atoms with van der Waals surface area (Å²) in [6.45, 7) is 4.54. The number of rotatable bonds is 7. The highest BCUT2D eigenvalue weighted by Gasteiger charge is 2.36. The lowest BCUT2D eigenvalue weighted by atomic mass is 10.1. The number of halogens is 1. The molecule has 1 aliphatic heterocycles. The number of fused-ring (bicyclic) bond motifs is 1. The summed E-state index contributed by atoms with van der Waals surface area (Å²) in [6.07, 6.45) is 11.1. The second-order valence-electron chi connectivity index (χ2n) is 9.36. The molecular weight excluding hydrogens is 465 g/mol. The number of allylic oxidation sites excluding steroid dienone is 3. The van der Waals surface area contributed by atoms with Gasteiger partial charge in [0.05, 0.1) is 30.8 Å². The van der Waals surface area contributed by atoms with E-state index in [1.54, 1.807) is 22.1 Å². The van der Waals surface area contributed by atoms with Gasteiger partial charge in [-0.3, -0.25) is 4.68 Å². The first-order valence-electron chi connectivity index (χ1n) is 12.0. The maximum Gasteiger partial charge on any atom is 0.407 e. The lowest BCUT2D eigenvalue weighted by Crippen LogP contribution is -2.42. The first-order valence-corrected chi connectivity index (χ1v) is 12.0. The summed E-state index contributed by atoms with van der Waals surface area (Å²) in [5, 5.41) is 10.1. The van der Waals surface area contributed by atoms with Crippen LogP contribution in [-0.4, -0.2) is 67.3 Å². The Morgan fingerprint density at radius 1 is 1.31 bits per heavy atom. The fourth-order valence-corrected chi connectivity index (χ4v) is 4.32. The summed E-state index contributed by atoms with van der Waals surface area (Å²) in [6, 6.07) is -0.614. The number of nitrogens with one attached hydrogen (secondary N) is 2. The van der Waals surface area contributed by atoms with Gasteiger partial charge in [-0.15, -0.1) is 0 Å². The van der Waals surface area contributed by atoms with Gasteiger partial charge in [0.1, 0.15) is 12.8 Å². The quantitative estimate of drug-likeness (QED) is 0.513. The van der Waals surface area contributed by atoms with Crippen molar-refractivity contribution >= 4 is 34.7 Å². The summed E-state index contributed by atoms with van der Waals surface area (Å²) >= 11 is 0. The van der Waals surface area contributed by atoms with E-state index >= 15 is 0 Å². The smallest absolute Gasteiger partial charge is 0.407 e. The van der Waals surface area contributed by atoms with Crippen LogP contribution in [0.4, 0.5) is 26.6 Å². The molecule has 12 heteroatoms. The molecule has 2 aliphatic rings. The van der Waals surface area contributed by atoms with Crippen LogP contribution in [0.25, 0.3) is 11.2 Å². The van der Waals surface area contributed by atoms with E-state index in [4.69, 9.17) is 9.72 Å². The molecule has 5 rings (SSSR count). The van der Waals surface area contributed by atoms with Gasteiger partial charge in [0.25, 0.3) is 0 Å². The van der Waals surface area contributed by atoms with Crippen LogP contribution in [0.1, 0.15) is 32.7 Å². The fraction of sp³-hybridized carbons (Fsp3) is 0.458. The SMILES string of the molecule is CC(C)n1cnc2c(Nc3cnn(C)c3)nc(N3CC(F)[C@H](NC(=O)OCC4=CC=CCC4)C3)nc21. The number of aromatic nitrogens is 6. The summed E-state index contributed by atoms with van der Waals surface area (Å²) in [7, 11) is 1.83. The van der Waals surface area contributed by atoms with E-state index in [0.29, 0.717) is 22.9 Å². The number of alkyl halides is 1. The molecule has 0 bridgehead atoms. The summed E-state index contributed by atoms with van der Waals surface area (Å²) in [5.41, 5.74) is 3.03. The highest BCUT2D eigenvalue weighted by atomic mass is 19.1. The second-order valence-corrected chi connectivity index (χ2v) is 9.36. The van der Waals surface area contributed by atoms with E-state index in [-0.39, 0.29) is 25.7 Å². The van der Waals surface area contributed by atoms with Gasteiger partial charge in [0.15, 0.2) is 17.0 Å². The number of ether oxygens (including phenoxy) is 1. The van der Waals surface area contributed by atoms with Crippen molar-refractivity contribution in [3.8, 4) is 0 Å². The maximum absolute atomic E-state index is 15.0. The first-order chi connectivity index (χ1) is 17.4. The summed E-state index contributed by atoms with van der Waals surface area (Å²) in [4.78, 5) is 28.0. The standard InChI is InChI=1S/C24H30FN9O2/c1-15(2)34-14-26-20-21(28-17-9-27-32(3)10-17)30-23(31-22(20)34)33-11-18(25)19(12-33)29-24(35)36-13-16-7-5-4-6-8-16/h4-5,7,9-10,14-15,18-19H,6,8,11-13H2,1-3H3,(H,29,35)(H,28,30,31)/t18?,19-/m1/s1. The lowest BCUT2D eigenvalue weighted by Gasteiger charge is -2.18. The molecule has 1 amide bonds. The highest BCUT2D eigenvalue weighted by molar-refractivity contribution is 5.86. The van der Waals surface area contributed by atoms with E-state index < -0.39 is 18.3 Å². The third kappa shape index (κ3) is 5.02. The predicted molar refractivity (Wildman–Crippen MR) is 134 cm³/mol. The van der Waals surface area contributed by atoms with E-state index in [1.165, 1.54) is 0 Å². The Morgan fingerprint density at radius 3 is 2.89 bits per heavy atom. The van der Waals surface area contributed by atoms with Crippen LogP contribution in [0, 0.1) is 0 Å². The number of anilines is 3. The number of alkyl carbamates (subject to hydrolysis) is 1. The number of carbonyl (C=O) groups is 1. The zero-order valence-electron chi connectivity index (χ0n) is 20.6. The monoisotopic (exact) mass is 495 g/mol. The van der Waals surface area contributed by atoms with E-state index in [1.807, 2.05) is 43.8 Å². The molecule has 3 aromatic rings. The van der Waals surface area contributed by atoms with Gasteiger partial charge in [-0.25, -0.2) is 14.2 Å². The van der Waals surface area contributed by atoms with E-state index in [0.717, 1.165) is 24.1 Å². The van der Waals surface area contributed by atoms with Crippen LogP contribution in [0.2, 0.25) is 0 Å². The Morgan fingerprint density at radius 2 is 2.17 bits per heavy atom. The molecule has 36 heavy (non-hydrogen) atoms. The number of hydrogen-bond donors (Lipinski definition) is 2. The highest BCUT2D eigenvalue weighted by Crippen LogP contribution is 2.29. The molecule has 1 aliphatic carbocycles. The summed E-state index contributed by atoms with van der Waals surface area (Å²) in [5.74, 6) is 0.860. The van der Waals surface area contributed by atoms with Crippen molar-refractivity contribution in [3.05, 3.63) is 42.5 Å². The number of aryl methyl sites for hydroxylation is 1. The van der Waals surface area contributed by atoms with Gasteiger partial charge >= 0.3 is 6.09 Å². The number of hydrogen-bond acceptors (Lipinski definition) is 8. The molecule has 0 spiro atoms. The molecule has 1 saturated heterocycles. The number of nitrogens with zero attached hydrogens (tertiary/aromatic N) is 7. The normalized spacial score (nSPS) is 19.7. The molecule has 0 aromatic carbocycles. The van der Waals surface area contributed by atoms with Crippen molar-refractivity contribution < 1.29 is 13.9 Å². The van der Waals surface area contributed by atoms with Gasteiger partial charge in [-0.1, -0.05) is 18.2 Å². The zero-order chi connectivity index (χ0) is 25.2. The van der Waals surface area contributed by atoms with Crippen molar-refractivity contribution in [2.45, 2.75) is 44.9 Å². The topological polar surface area (TPSA) is 115 Å². The summed E-state index contributed by atoms with van der Waals surface area (Å²) < 4.78 is 23.9. The van der Waals surface area contributed by atoms with Crippen LogP contribution in [0.5, 0.6) is 0 Å². The van der Waals surface area contributed by atoms with Crippen molar-refractivity contribution in [1.82, 2.24) is 34.6 Å². The zero-order valence-corrected chi connectivity index (χ0v) is 20.6. The minimum absolute atomic E-state index is 0.0501.